The molecule has 1 N–H and O–H groups in total. The minimum absolute atomic E-state index is 0.325. The second-order valence-electron chi connectivity index (χ2n) is 6.30. The predicted molar refractivity (Wildman–Crippen MR) is 74.2 cm³/mol. The van der Waals surface area contributed by atoms with Gasteiger partial charge in [-0.05, 0) is 64.5 Å². The van der Waals surface area contributed by atoms with E-state index in [2.05, 4.69) is 23.2 Å². The zero-order chi connectivity index (χ0) is 13.0. The Morgan fingerprint density at radius 2 is 2.28 bits per heavy atom. The topological polar surface area (TPSA) is 39.1 Å². The highest BCUT2D eigenvalue weighted by Gasteiger charge is 2.37. The summed E-state index contributed by atoms with van der Waals surface area (Å²) in [7, 11) is 0. The summed E-state index contributed by atoms with van der Waals surface area (Å²) in [6, 6.07) is 3.31. The highest BCUT2D eigenvalue weighted by Crippen LogP contribution is 2.37. The standard InChI is InChI=1S/C15H27N3/c1-3-8-17-15(2,12-16)7-4-9-18-11-13-5-6-14(18)10-13/h13-14,17H,3-11H2,1-2H3. The Balaban J connectivity index is 1.69. The molecule has 0 aromatic rings. The molecule has 102 valence electrons. The molecule has 3 atom stereocenters. The molecule has 3 nitrogen and oxygen atoms in total. The molecular weight excluding hydrogens is 222 g/mol. The minimum Gasteiger partial charge on any atom is -0.300 e. The Labute approximate surface area is 112 Å². The maximum Gasteiger partial charge on any atom is 0.103 e. The molecule has 3 unspecified atom stereocenters. The van der Waals surface area contributed by atoms with E-state index in [1.54, 1.807) is 0 Å². The molecule has 0 aromatic heterocycles. The van der Waals surface area contributed by atoms with E-state index < -0.39 is 0 Å². The van der Waals surface area contributed by atoms with E-state index in [9.17, 15) is 5.26 Å². The molecule has 1 aliphatic carbocycles. The second-order valence-corrected chi connectivity index (χ2v) is 6.30. The predicted octanol–water partition coefficient (Wildman–Crippen LogP) is 2.53. The Morgan fingerprint density at radius 1 is 1.44 bits per heavy atom. The number of rotatable bonds is 7. The molecule has 2 aliphatic rings. The van der Waals surface area contributed by atoms with Gasteiger partial charge in [-0.15, -0.1) is 0 Å². The van der Waals surface area contributed by atoms with Gasteiger partial charge in [-0.1, -0.05) is 6.92 Å². The summed E-state index contributed by atoms with van der Waals surface area (Å²) < 4.78 is 0. The van der Waals surface area contributed by atoms with Crippen LogP contribution in [0.3, 0.4) is 0 Å². The highest BCUT2D eigenvalue weighted by atomic mass is 15.2. The molecule has 0 spiro atoms. The molecule has 1 aliphatic heterocycles. The van der Waals surface area contributed by atoms with Crippen LogP contribution in [0.5, 0.6) is 0 Å². The molecule has 1 saturated heterocycles. The van der Waals surface area contributed by atoms with Crippen molar-refractivity contribution in [1.29, 1.82) is 5.26 Å². The smallest absolute Gasteiger partial charge is 0.103 e. The average Bonchev–Trinajstić information content (AvgIpc) is 2.99. The number of nitrogens with one attached hydrogen (secondary N) is 1. The van der Waals surface area contributed by atoms with Crippen molar-refractivity contribution in [3.05, 3.63) is 0 Å². The maximum atomic E-state index is 9.28. The van der Waals surface area contributed by atoms with Gasteiger partial charge in [-0.3, -0.25) is 5.32 Å². The van der Waals surface area contributed by atoms with Gasteiger partial charge in [0, 0.05) is 12.6 Å². The number of hydrogen-bond acceptors (Lipinski definition) is 3. The lowest BCUT2D eigenvalue weighted by Crippen LogP contribution is -2.42. The first-order valence-corrected chi connectivity index (χ1v) is 7.57. The van der Waals surface area contributed by atoms with Gasteiger partial charge in [0.25, 0.3) is 0 Å². The van der Waals surface area contributed by atoms with Crippen molar-refractivity contribution in [2.24, 2.45) is 5.92 Å². The Hall–Kier alpha value is -0.590. The van der Waals surface area contributed by atoms with Crippen LogP contribution in [-0.2, 0) is 0 Å². The maximum absolute atomic E-state index is 9.28. The van der Waals surface area contributed by atoms with Gasteiger partial charge in [0.05, 0.1) is 6.07 Å². The molecule has 0 radical (unpaired) electrons. The molecule has 1 heterocycles. The summed E-state index contributed by atoms with van der Waals surface area (Å²) in [6.07, 6.45) is 7.50. The highest BCUT2D eigenvalue weighted by molar-refractivity contribution is 5.03. The van der Waals surface area contributed by atoms with E-state index in [1.807, 2.05) is 6.92 Å². The summed E-state index contributed by atoms with van der Waals surface area (Å²) in [4.78, 5) is 2.66. The van der Waals surface area contributed by atoms with E-state index in [4.69, 9.17) is 0 Å². The van der Waals surface area contributed by atoms with Crippen LogP contribution in [0.15, 0.2) is 0 Å². The number of hydrogen-bond donors (Lipinski definition) is 1. The van der Waals surface area contributed by atoms with Crippen molar-refractivity contribution in [3.8, 4) is 6.07 Å². The lowest BCUT2D eigenvalue weighted by atomic mass is 9.97. The zero-order valence-corrected chi connectivity index (χ0v) is 11.9. The lowest BCUT2D eigenvalue weighted by Gasteiger charge is -2.29. The fourth-order valence-corrected chi connectivity index (χ4v) is 3.52. The van der Waals surface area contributed by atoms with Crippen molar-refractivity contribution >= 4 is 0 Å². The van der Waals surface area contributed by atoms with Crippen LogP contribution in [0.25, 0.3) is 0 Å². The number of piperidine rings is 1. The zero-order valence-electron chi connectivity index (χ0n) is 11.9. The summed E-state index contributed by atoms with van der Waals surface area (Å²) in [6.45, 7) is 7.63. The van der Waals surface area contributed by atoms with Gasteiger partial charge in [0.1, 0.15) is 5.54 Å². The van der Waals surface area contributed by atoms with Crippen LogP contribution in [0.2, 0.25) is 0 Å². The van der Waals surface area contributed by atoms with Gasteiger partial charge in [-0.2, -0.15) is 5.26 Å². The van der Waals surface area contributed by atoms with E-state index in [-0.39, 0.29) is 5.54 Å². The van der Waals surface area contributed by atoms with E-state index in [0.717, 1.165) is 37.8 Å². The van der Waals surface area contributed by atoms with Gasteiger partial charge >= 0.3 is 0 Å². The molecule has 2 rings (SSSR count). The molecule has 1 saturated carbocycles. The summed E-state index contributed by atoms with van der Waals surface area (Å²) >= 11 is 0. The van der Waals surface area contributed by atoms with Crippen LogP contribution in [0, 0.1) is 17.2 Å². The molecule has 18 heavy (non-hydrogen) atoms. The van der Waals surface area contributed by atoms with Crippen LogP contribution in [0.4, 0.5) is 0 Å². The molecule has 3 heteroatoms. The Morgan fingerprint density at radius 3 is 2.83 bits per heavy atom. The van der Waals surface area contributed by atoms with Crippen LogP contribution in [0.1, 0.15) is 52.4 Å². The van der Waals surface area contributed by atoms with Crippen LogP contribution >= 0.6 is 0 Å². The second kappa shape index (κ2) is 6.04. The molecule has 0 amide bonds. The third kappa shape index (κ3) is 3.24. The van der Waals surface area contributed by atoms with Crippen molar-refractivity contribution in [3.63, 3.8) is 0 Å². The quantitative estimate of drug-likeness (QED) is 0.753. The largest absolute Gasteiger partial charge is 0.300 e. The van der Waals surface area contributed by atoms with Crippen molar-refractivity contribution < 1.29 is 0 Å². The first kappa shape index (κ1) is 13.8. The Kier molecular flexibility index (Phi) is 4.64. The van der Waals surface area contributed by atoms with Gasteiger partial charge < -0.3 is 4.90 Å². The summed E-state index contributed by atoms with van der Waals surface area (Å²) in [5.41, 5.74) is -0.325. The minimum atomic E-state index is -0.325. The number of likely N-dealkylation sites (tertiary alicyclic amines) is 1. The van der Waals surface area contributed by atoms with Crippen molar-refractivity contribution in [1.82, 2.24) is 10.2 Å². The van der Waals surface area contributed by atoms with Crippen molar-refractivity contribution in [2.45, 2.75) is 64.0 Å². The normalized spacial score (nSPS) is 30.3. The molecular formula is C15H27N3. The molecule has 2 bridgehead atoms. The first-order chi connectivity index (χ1) is 8.67. The molecule has 0 aromatic carbocycles. The van der Waals surface area contributed by atoms with Crippen molar-refractivity contribution in [2.75, 3.05) is 19.6 Å². The third-order valence-electron chi connectivity index (χ3n) is 4.66. The monoisotopic (exact) mass is 249 g/mol. The third-order valence-corrected chi connectivity index (χ3v) is 4.66. The fourth-order valence-electron chi connectivity index (χ4n) is 3.52. The lowest BCUT2D eigenvalue weighted by molar-refractivity contribution is 0.204. The van der Waals surface area contributed by atoms with Crippen LogP contribution in [-0.4, -0.2) is 36.1 Å². The molecule has 2 fully saturated rings. The first-order valence-electron chi connectivity index (χ1n) is 7.57. The Bertz CT molecular complexity index is 309. The number of nitriles is 1. The van der Waals surface area contributed by atoms with E-state index in [0.29, 0.717) is 0 Å². The van der Waals surface area contributed by atoms with Gasteiger partial charge in [-0.25, -0.2) is 0 Å². The van der Waals surface area contributed by atoms with E-state index >= 15 is 0 Å². The van der Waals surface area contributed by atoms with Gasteiger partial charge in [0.2, 0.25) is 0 Å². The number of fused-ring (bicyclic) bond motifs is 2. The number of nitrogens with zero attached hydrogens (tertiary/aromatic N) is 2. The van der Waals surface area contributed by atoms with Gasteiger partial charge in [0.15, 0.2) is 0 Å². The SMILES string of the molecule is CCCNC(C)(C#N)CCCN1CC2CCC1C2. The van der Waals surface area contributed by atoms with Crippen LogP contribution < -0.4 is 5.32 Å². The van der Waals surface area contributed by atoms with E-state index in [1.165, 1.54) is 32.4 Å². The summed E-state index contributed by atoms with van der Waals surface area (Å²) in [5, 5.41) is 12.7. The summed E-state index contributed by atoms with van der Waals surface area (Å²) in [5.74, 6) is 0.982. The average molecular weight is 249 g/mol. The fraction of sp³-hybridized carbons (Fsp3) is 0.933.